The van der Waals surface area contributed by atoms with Gasteiger partial charge in [0, 0.05) is 18.6 Å². The van der Waals surface area contributed by atoms with E-state index < -0.39 is 16.7 Å². The molecule has 0 radical (unpaired) electrons. The van der Waals surface area contributed by atoms with Crippen molar-refractivity contribution in [1.82, 2.24) is 0 Å². The molecule has 8 nitrogen and oxygen atoms in total. The van der Waals surface area contributed by atoms with Crippen LogP contribution in [-0.2, 0) is 33.3 Å². The van der Waals surface area contributed by atoms with Crippen LogP contribution in [0, 0.1) is 11.3 Å². The van der Waals surface area contributed by atoms with Crippen molar-refractivity contribution in [3.63, 3.8) is 0 Å². The SMILES string of the molecule is CCCC(=O)OCC(CC)(COC(=O)CCC)COC(=O)CCSC(=O)OCC(C)C. The molecular formula is C22H38O8S. The number of hydrogen-bond donors (Lipinski definition) is 0. The molecule has 0 N–H and O–H groups in total. The summed E-state index contributed by atoms with van der Waals surface area (Å²) in [6.45, 7) is 9.75. The molecule has 0 bridgehead atoms. The zero-order chi connectivity index (χ0) is 23.7. The van der Waals surface area contributed by atoms with Crippen LogP contribution in [-0.4, -0.2) is 55.4 Å². The van der Waals surface area contributed by atoms with Gasteiger partial charge in [-0.1, -0.05) is 34.6 Å². The van der Waals surface area contributed by atoms with Gasteiger partial charge in [-0.25, -0.2) is 4.79 Å². The summed E-state index contributed by atoms with van der Waals surface area (Å²) >= 11 is 0.924. The molecule has 0 aliphatic heterocycles. The van der Waals surface area contributed by atoms with E-state index in [-0.39, 0.29) is 49.9 Å². The number of carbonyl (C=O) groups is 4. The molecule has 0 heterocycles. The summed E-state index contributed by atoms with van der Waals surface area (Å²) in [5.41, 5.74) is -0.814. The van der Waals surface area contributed by atoms with Gasteiger partial charge in [-0.05, 0) is 36.9 Å². The van der Waals surface area contributed by atoms with Crippen molar-refractivity contribution >= 4 is 35.0 Å². The first-order valence-electron chi connectivity index (χ1n) is 10.9. The molecule has 0 rings (SSSR count). The van der Waals surface area contributed by atoms with Crippen LogP contribution in [0.1, 0.15) is 73.1 Å². The average Bonchev–Trinajstić information content (AvgIpc) is 2.72. The molecule has 0 aromatic rings. The first-order chi connectivity index (χ1) is 14.7. The molecule has 0 aromatic carbocycles. The fraction of sp³-hybridized carbons (Fsp3) is 0.818. The summed E-state index contributed by atoms with van der Waals surface area (Å²) in [7, 11) is 0. The van der Waals surface area contributed by atoms with E-state index in [2.05, 4.69) is 0 Å². The molecule has 0 spiro atoms. The number of thioether (sulfide) groups is 1. The second-order valence-electron chi connectivity index (χ2n) is 7.89. The molecule has 0 atom stereocenters. The van der Waals surface area contributed by atoms with E-state index in [4.69, 9.17) is 18.9 Å². The highest BCUT2D eigenvalue weighted by atomic mass is 32.2. The fourth-order valence-electron chi connectivity index (χ4n) is 2.25. The number of rotatable bonds is 16. The Morgan fingerprint density at radius 2 is 1.19 bits per heavy atom. The molecular weight excluding hydrogens is 424 g/mol. The standard InChI is InChI=1S/C22H38O8S/c1-6-9-18(23)28-14-22(8-3,15-29-19(24)10-7-2)16-30-20(25)11-12-31-21(26)27-13-17(4)5/h17H,6-16H2,1-5H3. The summed E-state index contributed by atoms with van der Waals surface area (Å²) in [4.78, 5) is 47.3. The Kier molecular flexibility index (Phi) is 15.9. The molecule has 0 aliphatic carbocycles. The number of hydrogen-bond acceptors (Lipinski definition) is 9. The van der Waals surface area contributed by atoms with E-state index in [1.54, 1.807) is 0 Å². The lowest BCUT2D eigenvalue weighted by Gasteiger charge is -2.31. The molecule has 0 aliphatic rings. The summed E-state index contributed by atoms with van der Waals surface area (Å²) in [6, 6.07) is 0. The van der Waals surface area contributed by atoms with Gasteiger partial charge in [0.1, 0.15) is 19.8 Å². The maximum absolute atomic E-state index is 12.1. The van der Waals surface area contributed by atoms with Gasteiger partial charge in [0.05, 0.1) is 18.4 Å². The average molecular weight is 463 g/mol. The van der Waals surface area contributed by atoms with Gasteiger partial charge in [0.2, 0.25) is 0 Å². The molecule has 0 amide bonds. The molecule has 0 aromatic heterocycles. The summed E-state index contributed by atoms with van der Waals surface area (Å²) in [5, 5.41) is -0.421. The molecule has 0 saturated carbocycles. The first kappa shape index (κ1) is 29.2. The lowest BCUT2D eigenvalue weighted by Crippen LogP contribution is -2.39. The second-order valence-corrected chi connectivity index (χ2v) is 8.92. The Morgan fingerprint density at radius 1 is 0.742 bits per heavy atom. The van der Waals surface area contributed by atoms with E-state index >= 15 is 0 Å². The lowest BCUT2D eigenvalue weighted by molar-refractivity contribution is -0.162. The van der Waals surface area contributed by atoms with Crippen LogP contribution < -0.4 is 0 Å². The van der Waals surface area contributed by atoms with E-state index in [0.717, 1.165) is 11.8 Å². The Hall–Kier alpha value is -1.77. The van der Waals surface area contributed by atoms with Gasteiger partial charge in [-0.2, -0.15) is 0 Å². The Morgan fingerprint density at radius 3 is 1.58 bits per heavy atom. The fourth-order valence-corrected chi connectivity index (χ4v) is 2.84. The highest BCUT2D eigenvalue weighted by Gasteiger charge is 2.34. The Balaban J connectivity index is 4.70. The zero-order valence-electron chi connectivity index (χ0n) is 19.5. The normalized spacial score (nSPS) is 11.2. The first-order valence-corrected chi connectivity index (χ1v) is 11.9. The van der Waals surface area contributed by atoms with Gasteiger partial charge in [-0.15, -0.1) is 0 Å². The largest absolute Gasteiger partial charge is 0.465 e. The monoisotopic (exact) mass is 462 g/mol. The quantitative estimate of drug-likeness (QED) is 0.242. The third-order valence-corrected chi connectivity index (χ3v) is 5.10. The maximum atomic E-state index is 12.1. The van der Waals surface area contributed by atoms with Crippen molar-refractivity contribution in [2.75, 3.05) is 32.2 Å². The zero-order valence-corrected chi connectivity index (χ0v) is 20.3. The minimum atomic E-state index is -0.814. The molecule has 0 fully saturated rings. The van der Waals surface area contributed by atoms with Crippen LogP contribution in [0.2, 0.25) is 0 Å². The van der Waals surface area contributed by atoms with Crippen LogP contribution >= 0.6 is 11.8 Å². The van der Waals surface area contributed by atoms with Gasteiger partial charge >= 0.3 is 23.2 Å². The molecule has 9 heteroatoms. The smallest absolute Gasteiger partial charge is 0.367 e. The van der Waals surface area contributed by atoms with Crippen molar-refractivity contribution in [2.45, 2.75) is 73.1 Å². The van der Waals surface area contributed by atoms with E-state index in [1.165, 1.54) is 0 Å². The molecule has 0 saturated heterocycles. The van der Waals surface area contributed by atoms with Crippen molar-refractivity contribution in [2.24, 2.45) is 11.3 Å². The Bertz CT molecular complexity index is 540. The highest BCUT2D eigenvalue weighted by molar-refractivity contribution is 8.13. The minimum Gasteiger partial charge on any atom is -0.465 e. The van der Waals surface area contributed by atoms with Crippen LogP contribution in [0.3, 0.4) is 0 Å². The van der Waals surface area contributed by atoms with Crippen LogP contribution in [0.25, 0.3) is 0 Å². The van der Waals surface area contributed by atoms with Gasteiger partial charge < -0.3 is 18.9 Å². The Labute approximate surface area is 190 Å². The summed E-state index contributed by atoms with van der Waals surface area (Å²) < 4.78 is 21.1. The van der Waals surface area contributed by atoms with Crippen LogP contribution in [0.15, 0.2) is 0 Å². The number of carbonyl (C=O) groups excluding carboxylic acids is 4. The van der Waals surface area contributed by atoms with Crippen molar-refractivity contribution in [3.05, 3.63) is 0 Å². The maximum Gasteiger partial charge on any atom is 0.367 e. The summed E-state index contributed by atoms with van der Waals surface area (Å²) in [5.74, 6) is -0.687. The second kappa shape index (κ2) is 16.9. The van der Waals surface area contributed by atoms with E-state index in [1.807, 2.05) is 34.6 Å². The van der Waals surface area contributed by atoms with Crippen molar-refractivity contribution in [1.29, 1.82) is 0 Å². The van der Waals surface area contributed by atoms with Crippen molar-refractivity contribution < 1.29 is 38.1 Å². The number of ether oxygens (including phenoxy) is 4. The molecule has 31 heavy (non-hydrogen) atoms. The van der Waals surface area contributed by atoms with Gasteiger partial charge in [0.15, 0.2) is 0 Å². The third-order valence-electron chi connectivity index (χ3n) is 4.34. The van der Waals surface area contributed by atoms with Crippen molar-refractivity contribution in [3.8, 4) is 0 Å². The topological polar surface area (TPSA) is 105 Å². The number of esters is 3. The highest BCUT2D eigenvalue weighted by Crippen LogP contribution is 2.25. The van der Waals surface area contributed by atoms with Gasteiger partial charge in [-0.3, -0.25) is 14.4 Å². The molecule has 0 unspecified atom stereocenters. The lowest BCUT2D eigenvalue weighted by atomic mass is 9.88. The minimum absolute atomic E-state index is 0.00863. The van der Waals surface area contributed by atoms with E-state index in [0.29, 0.717) is 38.7 Å². The summed E-state index contributed by atoms with van der Waals surface area (Å²) in [6.07, 6.45) is 2.42. The molecule has 180 valence electrons. The predicted molar refractivity (Wildman–Crippen MR) is 119 cm³/mol. The van der Waals surface area contributed by atoms with Crippen LogP contribution in [0.4, 0.5) is 4.79 Å². The van der Waals surface area contributed by atoms with Crippen LogP contribution in [0.5, 0.6) is 0 Å². The van der Waals surface area contributed by atoms with Gasteiger partial charge in [0.25, 0.3) is 0 Å². The third kappa shape index (κ3) is 14.8. The van der Waals surface area contributed by atoms with E-state index in [9.17, 15) is 19.2 Å². The predicted octanol–water partition coefficient (Wildman–Crippen LogP) is 4.53.